The summed E-state index contributed by atoms with van der Waals surface area (Å²) in [6.45, 7) is 0.108. The average Bonchev–Trinajstić information content (AvgIpc) is 3.74. The molecular weight excluding hydrogens is 508 g/mol. The molecule has 3 amide bonds. The minimum absolute atomic E-state index is 0.108. The van der Waals surface area contributed by atoms with E-state index in [0.29, 0.717) is 11.0 Å². The maximum atomic E-state index is 13.5. The molecule has 3 aromatic carbocycles. The Hall–Kier alpha value is -4.46. The summed E-state index contributed by atoms with van der Waals surface area (Å²) in [5.41, 5.74) is 4.79. The number of rotatable bonds is 6. The van der Waals surface area contributed by atoms with E-state index in [1.807, 2.05) is 36.4 Å². The molecule has 3 aliphatic carbocycles. The third-order valence-electron chi connectivity index (χ3n) is 9.03. The van der Waals surface area contributed by atoms with Crippen LogP contribution in [0.25, 0.3) is 11.1 Å². The van der Waals surface area contributed by atoms with E-state index in [2.05, 4.69) is 17.4 Å². The first kappa shape index (κ1) is 24.6. The molecule has 40 heavy (non-hydrogen) atoms. The number of fused-ring (bicyclic) bond motifs is 6. The number of hydrogen-bond acceptors (Lipinski definition) is 6. The van der Waals surface area contributed by atoms with E-state index in [0.717, 1.165) is 47.9 Å². The molecule has 2 saturated carbocycles. The zero-order valence-corrected chi connectivity index (χ0v) is 21.7. The second-order valence-corrected chi connectivity index (χ2v) is 11.1. The van der Waals surface area contributed by atoms with Crippen LogP contribution in [0.15, 0.2) is 72.8 Å². The summed E-state index contributed by atoms with van der Waals surface area (Å²) in [7, 11) is 0. The highest BCUT2D eigenvalue weighted by Crippen LogP contribution is 2.50. The van der Waals surface area contributed by atoms with E-state index in [4.69, 9.17) is 9.57 Å². The number of ether oxygens (including phenoxy) is 1. The summed E-state index contributed by atoms with van der Waals surface area (Å²) in [5, 5.41) is 3.26. The zero-order chi connectivity index (χ0) is 27.4. The predicted molar refractivity (Wildman–Crippen MR) is 144 cm³/mol. The van der Waals surface area contributed by atoms with Crippen LogP contribution in [0.1, 0.15) is 63.4 Å². The van der Waals surface area contributed by atoms with Gasteiger partial charge in [0.15, 0.2) is 0 Å². The molecule has 202 valence electrons. The van der Waals surface area contributed by atoms with Crippen LogP contribution in [0, 0.1) is 17.8 Å². The van der Waals surface area contributed by atoms with Gasteiger partial charge in [0.1, 0.15) is 12.6 Å². The van der Waals surface area contributed by atoms with Crippen LogP contribution >= 0.6 is 0 Å². The molecule has 4 aliphatic rings. The third-order valence-corrected chi connectivity index (χ3v) is 9.03. The SMILES string of the molecule is O=C(NC(C(=O)ON1C(=O)c2ccccc2C1=O)C1CC2CCC1C2)OCC1c2ccccc2-c2ccccc21. The number of hydroxylamine groups is 2. The van der Waals surface area contributed by atoms with Crippen molar-refractivity contribution in [3.8, 4) is 11.1 Å². The van der Waals surface area contributed by atoms with Crippen molar-refractivity contribution in [3.63, 3.8) is 0 Å². The van der Waals surface area contributed by atoms with Crippen molar-refractivity contribution >= 4 is 23.9 Å². The molecule has 0 aromatic heterocycles. The Balaban J connectivity index is 1.08. The maximum Gasteiger partial charge on any atom is 0.407 e. The quantitative estimate of drug-likeness (QED) is 0.441. The van der Waals surface area contributed by atoms with Gasteiger partial charge in [-0.2, -0.15) is 0 Å². The summed E-state index contributed by atoms with van der Waals surface area (Å²) in [6.07, 6.45) is 3.11. The third kappa shape index (κ3) is 3.97. The number of hydrogen-bond donors (Lipinski definition) is 1. The number of carbonyl (C=O) groups is 4. The fraction of sp³-hybridized carbons (Fsp3) is 0.312. The van der Waals surface area contributed by atoms with Gasteiger partial charge in [0.25, 0.3) is 11.8 Å². The van der Waals surface area contributed by atoms with Crippen LogP contribution in [0.5, 0.6) is 0 Å². The maximum absolute atomic E-state index is 13.5. The molecule has 2 bridgehead atoms. The van der Waals surface area contributed by atoms with E-state index in [1.54, 1.807) is 12.1 Å². The van der Waals surface area contributed by atoms with Crippen molar-refractivity contribution in [1.82, 2.24) is 10.4 Å². The van der Waals surface area contributed by atoms with E-state index in [1.165, 1.54) is 12.1 Å². The molecule has 8 heteroatoms. The lowest BCUT2D eigenvalue weighted by Crippen LogP contribution is -2.50. The number of imide groups is 1. The second-order valence-electron chi connectivity index (χ2n) is 11.1. The minimum Gasteiger partial charge on any atom is -0.449 e. The van der Waals surface area contributed by atoms with E-state index in [-0.39, 0.29) is 35.5 Å². The summed E-state index contributed by atoms with van der Waals surface area (Å²) in [4.78, 5) is 57.7. The van der Waals surface area contributed by atoms with Gasteiger partial charge in [-0.05, 0) is 71.4 Å². The Morgan fingerprint density at radius 2 is 1.38 bits per heavy atom. The highest BCUT2D eigenvalue weighted by Gasteiger charge is 2.48. The fourth-order valence-electron chi connectivity index (χ4n) is 7.21. The lowest BCUT2D eigenvalue weighted by molar-refractivity contribution is -0.173. The molecule has 7 rings (SSSR count). The summed E-state index contributed by atoms with van der Waals surface area (Å²) < 4.78 is 5.72. The number of benzene rings is 3. The van der Waals surface area contributed by atoms with Crippen molar-refractivity contribution in [1.29, 1.82) is 0 Å². The van der Waals surface area contributed by atoms with E-state index in [9.17, 15) is 19.2 Å². The van der Waals surface area contributed by atoms with Crippen LogP contribution in [-0.4, -0.2) is 41.6 Å². The molecular formula is C32H28N2O6. The topological polar surface area (TPSA) is 102 Å². The Kier molecular flexibility index (Phi) is 5.91. The molecule has 4 atom stereocenters. The number of carbonyl (C=O) groups excluding carboxylic acids is 4. The number of nitrogens with one attached hydrogen (secondary N) is 1. The molecule has 1 aliphatic heterocycles. The Labute approximate surface area is 231 Å². The molecule has 4 unspecified atom stereocenters. The highest BCUT2D eigenvalue weighted by molar-refractivity contribution is 6.21. The smallest absolute Gasteiger partial charge is 0.407 e. The monoisotopic (exact) mass is 536 g/mol. The molecule has 2 fully saturated rings. The standard InChI is InChI=1S/C32H28N2O6/c35-29-24-11-5-6-12-25(24)30(36)34(29)40-31(37)28(26-16-18-13-14-19(26)15-18)33-32(38)39-17-27-22-9-3-1-7-20(22)21-8-2-4-10-23(21)27/h1-12,18-19,26-28H,13-17H2,(H,33,38). The van der Waals surface area contributed by atoms with Gasteiger partial charge in [-0.1, -0.05) is 72.1 Å². The van der Waals surface area contributed by atoms with Gasteiger partial charge in [0.2, 0.25) is 0 Å². The number of amides is 3. The number of alkyl carbamates (subject to hydrolysis) is 1. The van der Waals surface area contributed by atoms with E-state index < -0.39 is 29.9 Å². The number of nitrogens with zero attached hydrogens (tertiary/aromatic N) is 1. The second kappa shape index (κ2) is 9.62. The Morgan fingerprint density at radius 3 is 1.93 bits per heavy atom. The van der Waals surface area contributed by atoms with Crippen molar-refractivity contribution in [2.75, 3.05) is 6.61 Å². The van der Waals surface area contributed by atoms with Crippen LogP contribution < -0.4 is 5.32 Å². The highest BCUT2D eigenvalue weighted by atomic mass is 16.7. The van der Waals surface area contributed by atoms with Crippen molar-refractivity contribution in [3.05, 3.63) is 95.1 Å². The van der Waals surface area contributed by atoms with Gasteiger partial charge < -0.3 is 14.9 Å². The average molecular weight is 537 g/mol. The zero-order valence-electron chi connectivity index (χ0n) is 21.7. The van der Waals surface area contributed by atoms with Gasteiger partial charge >= 0.3 is 12.1 Å². The van der Waals surface area contributed by atoms with Gasteiger partial charge in [-0.3, -0.25) is 9.59 Å². The van der Waals surface area contributed by atoms with Gasteiger partial charge in [-0.15, -0.1) is 0 Å². The molecule has 8 nitrogen and oxygen atoms in total. The first-order valence-corrected chi connectivity index (χ1v) is 13.8. The molecule has 1 heterocycles. The lowest BCUT2D eigenvalue weighted by atomic mass is 9.83. The van der Waals surface area contributed by atoms with Gasteiger partial charge in [-0.25, -0.2) is 9.59 Å². The van der Waals surface area contributed by atoms with E-state index >= 15 is 0 Å². The van der Waals surface area contributed by atoms with Crippen LogP contribution in [0.3, 0.4) is 0 Å². The minimum atomic E-state index is -1.03. The van der Waals surface area contributed by atoms with Crippen molar-refractivity contribution in [2.24, 2.45) is 17.8 Å². The Morgan fingerprint density at radius 1 is 0.800 bits per heavy atom. The molecule has 0 saturated heterocycles. The largest absolute Gasteiger partial charge is 0.449 e. The lowest BCUT2D eigenvalue weighted by Gasteiger charge is -2.30. The first-order chi connectivity index (χ1) is 19.5. The van der Waals surface area contributed by atoms with Crippen LogP contribution in [0.2, 0.25) is 0 Å². The van der Waals surface area contributed by atoms with Crippen molar-refractivity contribution < 1.29 is 28.8 Å². The molecule has 1 N–H and O–H groups in total. The fourth-order valence-corrected chi connectivity index (χ4v) is 7.21. The van der Waals surface area contributed by atoms with Crippen LogP contribution in [0.4, 0.5) is 4.79 Å². The van der Waals surface area contributed by atoms with Crippen LogP contribution in [-0.2, 0) is 14.4 Å². The molecule has 0 spiro atoms. The summed E-state index contributed by atoms with van der Waals surface area (Å²) in [5.74, 6) is -1.73. The first-order valence-electron chi connectivity index (χ1n) is 13.8. The summed E-state index contributed by atoms with van der Waals surface area (Å²) >= 11 is 0. The van der Waals surface area contributed by atoms with Gasteiger partial charge in [0.05, 0.1) is 11.1 Å². The normalized spacial score (nSPS) is 23.0. The Bertz CT molecular complexity index is 1470. The van der Waals surface area contributed by atoms with Crippen molar-refractivity contribution in [2.45, 2.75) is 37.6 Å². The molecule has 0 radical (unpaired) electrons. The molecule has 3 aromatic rings. The summed E-state index contributed by atoms with van der Waals surface area (Å²) in [6, 6.07) is 21.4. The van der Waals surface area contributed by atoms with Gasteiger partial charge in [0, 0.05) is 5.92 Å². The predicted octanol–water partition coefficient (Wildman–Crippen LogP) is 5.08.